The first-order valence-corrected chi connectivity index (χ1v) is 9.82. The molecule has 5 heteroatoms. The van der Waals surface area contributed by atoms with Crippen molar-refractivity contribution in [1.29, 1.82) is 0 Å². The van der Waals surface area contributed by atoms with E-state index in [-0.39, 0.29) is 5.91 Å². The van der Waals surface area contributed by atoms with Crippen LogP contribution in [0.2, 0.25) is 0 Å². The molecule has 5 nitrogen and oxygen atoms in total. The molecule has 0 aromatic heterocycles. The largest absolute Gasteiger partial charge is 0.355 e. The number of carbonyl (C=O) groups excluding carboxylic acids is 2. The minimum absolute atomic E-state index is 0.140. The van der Waals surface area contributed by atoms with Gasteiger partial charge in [0, 0.05) is 19.5 Å². The molecular weight excluding hydrogens is 326 g/mol. The molecule has 0 fully saturated rings. The number of likely N-dealkylation sites (N-methyl/N-ethyl adjacent to an activating group) is 1. The Hall–Kier alpha value is -1.97. The zero-order valence-electron chi connectivity index (χ0n) is 16.0. The van der Waals surface area contributed by atoms with Gasteiger partial charge in [0.2, 0.25) is 12.0 Å². The summed E-state index contributed by atoms with van der Waals surface area (Å²) >= 11 is 0. The Labute approximate surface area is 156 Å². The molecule has 142 valence electrons. The maximum atomic E-state index is 12.2. The quantitative estimate of drug-likeness (QED) is 0.355. The van der Waals surface area contributed by atoms with Crippen LogP contribution in [0.15, 0.2) is 29.3 Å². The molecule has 0 heterocycles. The SMILES string of the molecule is CCN(CC)CCNC(=O)CCC1c2cccc(c2)C1CCCN=C=O. The molecule has 0 saturated heterocycles. The fourth-order valence-corrected chi connectivity index (χ4v) is 3.92. The molecule has 1 aromatic rings. The first-order valence-electron chi connectivity index (χ1n) is 9.82. The molecule has 2 atom stereocenters. The molecule has 2 unspecified atom stereocenters. The molecule has 1 amide bonds. The van der Waals surface area contributed by atoms with Crippen LogP contribution in [0.4, 0.5) is 0 Å². The van der Waals surface area contributed by atoms with Crippen molar-refractivity contribution in [3.63, 3.8) is 0 Å². The highest BCUT2D eigenvalue weighted by Gasteiger charge is 2.30. The van der Waals surface area contributed by atoms with Gasteiger partial charge >= 0.3 is 0 Å². The van der Waals surface area contributed by atoms with Crippen molar-refractivity contribution in [2.45, 2.75) is 51.4 Å². The lowest BCUT2D eigenvalue weighted by atomic mass is 9.84. The summed E-state index contributed by atoms with van der Waals surface area (Å²) in [6, 6.07) is 8.69. The average molecular weight is 357 g/mol. The second kappa shape index (κ2) is 10.9. The zero-order chi connectivity index (χ0) is 18.8. The van der Waals surface area contributed by atoms with Crippen molar-refractivity contribution in [3.05, 3.63) is 35.4 Å². The number of isocyanates is 1. The van der Waals surface area contributed by atoms with Crippen molar-refractivity contribution in [1.82, 2.24) is 10.2 Å². The molecule has 1 aliphatic carbocycles. The summed E-state index contributed by atoms with van der Waals surface area (Å²) in [4.78, 5) is 28.4. The Kier molecular flexibility index (Phi) is 8.52. The average Bonchev–Trinajstić information content (AvgIpc) is 2.89. The van der Waals surface area contributed by atoms with E-state index in [1.807, 2.05) is 0 Å². The number of rotatable bonds is 12. The first kappa shape index (κ1) is 20.3. The smallest absolute Gasteiger partial charge is 0.234 e. The van der Waals surface area contributed by atoms with Crippen molar-refractivity contribution in [3.8, 4) is 0 Å². The Bertz CT molecular complexity index is 621. The molecule has 1 N–H and O–H groups in total. The minimum atomic E-state index is 0.140. The van der Waals surface area contributed by atoms with Crippen LogP contribution in [-0.2, 0) is 9.59 Å². The third kappa shape index (κ3) is 5.79. The number of carbonyl (C=O) groups is 1. The Morgan fingerprint density at radius 3 is 2.54 bits per heavy atom. The van der Waals surface area contributed by atoms with E-state index in [1.165, 1.54) is 11.1 Å². The fourth-order valence-electron chi connectivity index (χ4n) is 3.92. The monoisotopic (exact) mass is 357 g/mol. The van der Waals surface area contributed by atoms with E-state index in [4.69, 9.17) is 0 Å². The number of nitrogens with zero attached hydrogens (tertiary/aromatic N) is 2. The summed E-state index contributed by atoms with van der Waals surface area (Å²) in [5.74, 6) is 0.973. The van der Waals surface area contributed by atoms with Gasteiger partial charge in [0.1, 0.15) is 0 Å². The molecule has 26 heavy (non-hydrogen) atoms. The molecular formula is C21H31N3O2. The lowest BCUT2D eigenvalue weighted by Crippen LogP contribution is -2.34. The maximum absolute atomic E-state index is 12.2. The molecule has 0 spiro atoms. The van der Waals surface area contributed by atoms with Gasteiger partial charge in [-0.3, -0.25) is 4.79 Å². The van der Waals surface area contributed by atoms with Crippen molar-refractivity contribution < 1.29 is 9.59 Å². The molecule has 0 saturated carbocycles. The van der Waals surface area contributed by atoms with Gasteiger partial charge in [0.25, 0.3) is 0 Å². The van der Waals surface area contributed by atoms with Crippen LogP contribution in [0.3, 0.4) is 0 Å². The molecule has 1 aromatic carbocycles. The number of benzene rings is 1. The summed E-state index contributed by atoms with van der Waals surface area (Å²) in [6.07, 6.45) is 4.91. The van der Waals surface area contributed by atoms with E-state index in [0.717, 1.165) is 38.9 Å². The topological polar surface area (TPSA) is 61.8 Å². The number of aliphatic imine (C=N–C) groups is 1. The second-order valence-electron chi connectivity index (χ2n) is 6.91. The van der Waals surface area contributed by atoms with Crippen LogP contribution < -0.4 is 5.32 Å². The zero-order valence-corrected chi connectivity index (χ0v) is 16.0. The highest BCUT2D eigenvalue weighted by Crippen LogP contribution is 2.45. The predicted octanol–water partition coefficient (Wildman–Crippen LogP) is 3.22. The summed E-state index contributed by atoms with van der Waals surface area (Å²) in [5.41, 5.74) is 2.69. The molecule has 2 bridgehead atoms. The van der Waals surface area contributed by atoms with Gasteiger partial charge in [0.05, 0.1) is 6.54 Å². The van der Waals surface area contributed by atoms with E-state index in [1.54, 1.807) is 6.08 Å². The van der Waals surface area contributed by atoms with Crippen LogP contribution in [0.5, 0.6) is 0 Å². The van der Waals surface area contributed by atoms with E-state index < -0.39 is 0 Å². The van der Waals surface area contributed by atoms with Crippen LogP contribution >= 0.6 is 0 Å². The molecule has 0 radical (unpaired) electrons. The number of fused-ring (bicyclic) bond motifs is 2. The summed E-state index contributed by atoms with van der Waals surface area (Å²) in [5, 5.41) is 3.05. The Morgan fingerprint density at radius 2 is 1.88 bits per heavy atom. The number of amides is 1. The standard InChI is InChI=1S/C21H31N3O2/c1-3-24(4-2)14-13-23-21(26)11-10-20-18-8-5-7-17(15-18)19(20)9-6-12-22-16-25/h5,7-8,15,19-20H,3-4,6,9-14H2,1-2H3,(H,23,26). The Balaban J connectivity index is 1.80. The fraction of sp³-hybridized carbons (Fsp3) is 0.619. The van der Waals surface area contributed by atoms with Crippen LogP contribution in [0, 0.1) is 0 Å². The van der Waals surface area contributed by atoms with E-state index in [2.05, 4.69) is 53.3 Å². The van der Waals surface area contributed by atoms with Crippen LogP contribution in [-0.4, -0.2) is 49.6 Å². The van der Waals surface area contributed by atoms with Gasteiger partial charge in [-0.05, 0) is 55.3 Å². The molecule has 1 aliphatic rings. The van der Waals surface area contributed by atoms with Gasteiger partial charge in [0.15, 0.2) is 0 Å². The van der Waals surface area contributed by atoms with Crippen LogP contribution in [0.25, 0.3) is 0 Å². The summed E-state index contributed by atoms with van der Waals surface area (Å²) < 4.78 is 0. The van der Waals surface area contributed by atoms with Crippen LogP contribution in [0.1, 0.15) is 62.5 Å². The number of hydrogen-bond acceptors (Lipinski definition) is 4. The van der Waals surface area contributed by atoms with Gasteiger partial charge in [-0.1, -0.05) is 38.1 Å². The predicted molar refractivity (Wildman–Crippen MR) is 104 cm³/mol. The highest BCUT2D eigenvalue weighted by atomic mass is 16.1. The van der Waals surface area contributed by atoms with Gasteiger partial charge in [-0.2, -0.15) is 0 Å². The third-order valence-corrected chi connectivity index (χ3v) is 5.43. The first-order chi connectivity index (χ1) is 12.7. The van der Waals surface area contributed by atoms with Crippen molar-refractivity contribution >= 4 is 12.0 Å². The normalized spacial score (nSPS) is 18.0. The highest BCUT2D eigenvalue weighted by molar-refractivity contribution is 5.76. The summed E-state index contributed by atoms with van der Waals surface area (Å²) in [7, 11) is 0. The lowest BCUT2D eigenvalue weighted by molar-refractivity contribution is -0.121. The van der Waals surface area contributed by atoms with Crippen molar-refractivity contribution in [2.75, 3.05) is 32.7 Å². The second-order valence-corrected chi connectivity index (χ2v) is 6.91. The summed E-state index contributed by atoms with van der Waals surface area (Å²) in [6.45, 7) is 8.46. The minimum Gasteiger partial charge on any atom is -0.355 e. The van der Waals surface area contributed by atoms with Gasteiger partial charge < -0.3 is 10.2 Å². The molecule has 2 rings (SSSR count). The Morgan fingerprint density at radius 1 is 1.19 bits per heavy atom. The van der Waals surface area contributed by atoms with Crippen molar-refractivity contribution in [2.24, 2.45) is 4.99 Å². The maximum Gasteiger partial charge on any atom is 0.234 e. The number of nitrogens with one attached hydrogen (secondary N) is 1. The lowest BCUT2D eigenvalue weighted by Gasteiger charge is -2.21. The molecule has 0 aliphatic heterocycles. The van der Waals surface area contributed by atoms with Gasteiger partial charge in [-0.15, -0.1) is 0 Å². The number of hydrogen-bond donors (Lipinski definition) is 1. The van der Waals surface area contributed by atoms with E-state index in [0.29, 0.717) is 31.3 Å². The van der Waals surface area contributed by atoms with E-state index in [9.17, 15) is 9.59 Å². The van der Waals surface area contributed by atoms with Gasteiger partial charge in [-0.25, -0.2) is 9.79 Å². The van der Waals surface area contributed by atoms with E-state index >= 15 is 0 Å². The third-order valence-electron chi connectivity index (χ3n) is 5.43.